The van der Waals surface area contributed by atoms with Gasteiger partial charge in [-0.25, -0.2) is 5.84 Å². The second-order valence-corrected chi connectivity index (χ2v) is 5.55. The van der Waals surface area contributed by atoms with E-state index >= 15 is 0 Å². The number of carbonyl (C=O) groups excluding carboxylic acids is 1. The first-order valence-electron chi connectivity index (χ1n) is 6.35. The molecule has 5 heteroatoms. The lowest BCUT2D eigenvalue weighted by molar-refractivity contribution is -0.127. The van der Waals surface area contributed by atoms with Gasteiger partial charge in [0.1, 0.15) is 0 Å². The van der Waals surface area contributed by atoms with Crippen LogP contribution in [-0.2, 0) is 4.79 Å². The summed E-state index contributed by atoms with van der Waals surface area (Å²) in [5.74, 6) is 6.09. The number of nitrogens with zero attached hydrogens (tertiary/aromatic N) is 2. The molecule has 1 fully saturated rings. The van der Waals surface area contributed by atoms with Gasteiger partial charge in [-0.1, -0.05) is 13.8 Å². The van der Waals surface area contributed by atoms with Gasteiger partial charge < -0.3 is 4.90 Å². The van der Waals surface area contributed by atoms with E-state index in [1.807, 2.05) is 7.05 Å². The molecule has 2 atom stereocenters. The van der Waals surface area contributed by atoms with Gasteiger partial charge in [0, 0.05) is 13.1 Å². The van der Waals surface area contributed by atoms with Gasteiger partial charge in [-0.3, -0.25) is 15.1 Å². The minimum Gasteiger partial charge on any atom is -0.306 e. The van der Waals surface area contributed by atoms with E-state index in [0.717, 1.165) is 19.6 Å². The third-order valence-electron chi connectivity index (χ3n) is 3.55. The van der Waals surface area contributed by atoms with E-state index in [4.69, 9.17) is 5.84 Å². The molecule has 5 nitrogen and oxygen atoms in total. The number of carbonyl (C=O) groups is 1. The fourth-order valence-corrected chi connectivity index (χ4v) is 2.79. The first kappa shape index (κ1) is 14.4. The molecule has 100 valence electrons. The molecule has 0 aromatic carbocycles. The molecule has 0 aromatic heterocycles. The lowest BCUT2D eigenvalue weighted by Gasteiger charge is -2.31. The highest BCUT2D eigenvalue weighted by Gasteiger charge is 2.29. The van der Waals surface area contributed by atoms with Crippen LogP contribution in [0.3, 0.4) is 0 Å². The summed E-state index contributed by atoms with van der Waals surface area (Å²) >= 11 is 0. The van der Waals surface area contributed by atoms with Gasteiger partial charge in [-0.05, 0) is 38.9 Å². The summed E-state index contributed by atoms with van der Waals surface area (Å²) in [6.45, 7) is 7.35. The zero-order valence-electron chi connectivity index (χ0n) is 11.4. The average molecular weight is 242 g/mol. The van der Waals surface area contributed by atoms with Crippen LogP contribution in [0.2, 0.25) is 0 Å². The fraction of sp³-hybridized carbons (Fsp3) is 0.917. The van der Waals surface area contributed by atoms with Crippen molar-refractivity contribution in [3.8, 4) is 0 Å². The summed E-state index contributed by atoms with van der Waals surface area (Å²) in [6.07, 6.45) is 1.22. The Balaban J connectivity index is 2.53. The van der Waals surface area contributed by atoms with Crippen LogP contribution in [0.4, 0.5) is 0 Å². The van der Waals surface area contributed by atoms with Crippen LogP contribution in [0.15, 0.2) is 0 Å². The summed E-state index contributed by atoms with van der Waals surface area (Å²) in [5.41, 5.74) is 2.27. The predicted molar refractivity (Wildman–Crippen MR) is 69.2 cm³/mol. The summed E-state index contributed by atoms with van der Waals surface area (Å²) in [5, 5.41) is 0. The maximum absolute atomic E-state index is 11.7. The highest BCUT2D eigenvalue weighted by Crippen LogP contribution is 2.18. The summed E-state index contributed by atoms with van der Waals surface area (Å²) in [4.78, 5) is 16.2. The van der Waals surface area contributed by atoms with Gasteiger partial charge in [0.05, 0.1) is 6.04 Å². The van der Waals surface area contributed by atoms with Crippen molar-refractivity contribution in [2.45, 2.75) is 26.3 Å². The van der Waals surface area contributed by atoms with E-state index in [1.54, 1.807) is 0 Å². The normalized spacial score (nSPS) is 23.4. The van der Waals surface area contributed by atoms with Gasteiger partial charge in [-0.2, -0.15) is 0 Å². The first-order chi connectivity index (χ1) is 7.95. The van der Waals surface area contributed by atoms with Crippen molar-refractivity contribution in [3.05, 3.63) is 0 Å². The summed E-state index contributed by atoms with van der Waals surface area (Å²) in [6, 6.07) is -0.133. The van der Waals surface area contributed by atoms with Crippen LogP contribution in [0.5, 0.6) is 0 Å². The van der Waals surface area contributed by atoms with Crippen LogP contribution in [0.1, 0.15) is 20.3 Å². The molecule has 0 bridgehead atoms. The topological polar surface area (TPSA) is 61.6 Å². The molecule has 17 heavy (non-hydrogen) atoms. The van der Waals surface area contributed by atoms with Crippen LogP contribution in [0.25, 0.3) is 0 Å². The van der Waals surface area contributed by atoms with E-state index < -0.39 is 0 Å². The number of likely N-dealkylation sites (tertiary alicyclic amines) is 1. The quantitative estimate of drug-likeness (QED) is 0.401. The Labute approximate surface area is 104 Å². The fourth-order valence-electron chi connectivity index (χ4n) is 2.79. The Morgan fingerprint density at radius 2 is 2.24 bits per heavy atom. The molecule has 0 radical (unpaired) electrons. The highest BCUT2D eigenvalue weighted by molar-refractivity contribution is 5.81. The smallest absolute Gasteiger partial charge is 0.251 e. The molecule has 3 N–H and O–H groups in total. The van der Waals surface area contributed by atoms with Gasteiger partial charge in [0.15, 0.2) is 0 Å². The van der Waals surface area contributed by atoms with Gasteiger partial charge in [0.2, 0.25) is 0 Å². The molecule has 0 aliphatic carbocycles. The van der Waals surface area contributed by atoms with E-state index in [-0.39, 0.29) is 17.9 Å². The first-order valence-corrected chi connectivity index (χ1v) is 6.35. The molecule has 1 heterocycles. The van der Waals surface area contributed by atoms with Crippen molar-refractivity contribution in [2.75, 3.05) is 33.7 Å². The Morgan fingerprint density at radius 1 is 1.59 bits per heavy atom. The molecule has 0 spiro atoms. The largest absolute Gasteiger partial charge is 0.306 e. The minimum atomic E-state index is -0.133. The van der Waals surface area contributed by atoms with E-state index in [2.05, 4.69) is 36.1 Å². The summed E-state index contributed by atoms with van der Waals surface area (Å²) in [7, 11) is 4.16. The van der Waals surface area contributed by atoms with Crippen molar-refractivity contribution < 1.29 is 4.79 Å². The maximum atomic E-state index is 11.7. The number of rotatable bonds is 5. The Bertz CT molecular complexity index is 257. The monoisotopic (exact) mass is 242 g/mol. The van der Waals surface area contributed by atoms with Crippen LogP contribution < -0.4 is 11.3 Å². The number of hydrogen-bond acceptors (Lipinski definition) is 4. The van der Waals surface area contributed by atoms with Crippen LogP contribution >= 0.6 is 0 Å². The van der Waals surface area contributed by atoms with Crippen molar-refractivity contribution >= 4 is 5.91 Å². The highest BCUT2D eigenvalue weighted by atomic mass is 16.2. The molecule has 1 amide bonds. The van der Waals surface area contributed by atoms with E-state index in [0.29, 0.717) is 5.92 Å². The maximum Gasteiger partial charge on any atom is 0.251 e. The number of amides is 1. The van der Waals surface area contributed by atoms with Crippen molar-refractivity contribution in [3.63, 3.8) is 0 Å². The van der Waals surface area contributed by atoms with Crippen molar-refractivity contribution in [1.82, 2.24) is 15.2 Å². The Kier molecular flexibility index (Phi) is 5.36. The zero-order valence-corrected chi connectivity index (χ0v) is 11.4. The number of hydrogen-bond donors (Lipinski definition) is 2. The average Bonchev–Trinajstić information content (AvgIpc) is 2.63. The number of likely N-dealkylation sites (N-methyl/N-ethyl adjacent to an activating group) is 1. The molecule has 0 saturated carbocycles. The number of hydrazine groups is 1. The molecule has 0 aromatic rings. The van der Waals surface area contributed by atoms with Crippen molar-refractivity contribution in [2.24, 2.45) is 17.7 Å². The zero-order chi connectivity index (χ0) is 13.0. The summed E-state index contributed by atoms with van der Waals surface area (Å²) < 4.78 is 0. The Hall–Kier alpha value is -0.650. The third-order valence-corrected chi connectivity index (χ3v) is 3.55. The molecule has 1 aliphatic heterocycles. The molecule has 1 aliphatic rings. The number of nitrogens with two attached hydrogens (primary N) is 1. The standard InChI is InChI=1S/C12H26N4O/c1-9(2)11(12(17)14-13)16(4)8-10-5-6-15(3)7-10/h9-11H,5-8,13H2,1-4H3,(H,14,17). The van der Waals surface area contributed by atoms with E-state index in [1.165, 1.54) is 6.42 Å². The molecule has 1 rings (SSSR count). The SMILES string of the molecule is CC(C)C(C(=O)NN)N(C)CC1CCN(C)C1. The Morgan fingerprint density at radius 3 is 2.65 bits per heavy atom. The van der Waals surface area contributed by atoms with Crippen LogP contribution in [0, 0.1) is 11.8 Å². The molecule has 2 unspecified atom stereocenters. The third kappa shape index (κ3) is 3.94. The second kappa shape index (κ2) is 6.33. The second-order valence-electron chi connectivity index (χ2n) is 5.55. The predicted octanol–water partition coefficient (Wildman–Crippen LogP) is -0.116. The van der Waals surface area contributed by atoms with Crippen molar-refractivity contribution in [1.29, 1.82) is 0 Å². The lowest BCUT2D eigenvalue weighted by atomic mass is 10.00. The van der Waals surface area contributed by atoms with E-state index in [9.17, 15) is 4.79 Å². The van der Waals surface area contributed by atoms with Gasteiger partial charge >= 0.3 is 0 Å². The molecular weight excluding hydrogens is 216 g/mol. The minimum absolute atomic E-state index is 0.0890. The molecule has 1 saturated heterocycles. The van der Waals surface area contributed by atoms with Gasteiger partial charge in [-0.15, -0.1) is 0 Å². The molecular formula is C12H26N4O. The number of nitrogens with one attached hydrogen (secondary N) is 1. The lowest BCUT2D eigenvalue weighted by Crippen LogP contribution is -2.51. The van der Waals surface area contributed by atoms with Crippen LogP contribution in [-0.4, -0.2) is 55.5 Å². The van der Waals surface area contributed by atoms with Gasteiger partial charge in [0.25, 0.3) is 5.91 Å².